The van der Waals surface area contributed by atoms with Crippen molar-refractivity contribution in [2.24, 2.45) is 0 Å². The Bertz CT molecular complexity index is 587. The summed E-state index contributed by atoms with van der Waals surface area (Å²) in [5.41, 5.74) is 0.882. The molecule has 3 rings (SSSR count). The minimum Gasteiger partial charge on any atom is -0.365 e. The van der Waals surface area contributed by atoms with Gasteiger partial charge in [-0.15, -0.1) is 11.3 Å². The largest absolute Gasteiger partial charge is 0.365 e. The number of rotatable bonds is 6. The van der Waals surface area contributed by atoms with Crippen LogP contribution in [-0.2, 0) is 16.1 Å². The Morgan fingerprint density at radius 2 is 2.32 bits per heavy atom. The third-order valence-corrected chi connectivity index (χ3v) is 4.93. The topological polar surface area (TPSA) is 55.6 Å². The van der Waals surface area contributed by atoms with Crippen LogP contribution in [-0.4, -0.2) is 27.5 Å². The third kappa shape index (κ3) is 3.67. The van der Waals surface area contributed by atoms with Crippen LogP contribution in [0.3, 0.4) is 0 Å². The molecule has 1 aliphatic rings. The fourth-order valence-electron chi connectivity index (χ4n) is 2.93. The van der Waals surface area contributed by atoms with Gasteiger partial charge < -0.3 is 10.1 Å². The zero-order valence-corrected chi connectivity index (χ0v) is 13.8. The number of hydrogen-bond acceptors (Lipinski definition) is 4. The molecule has 1 atom stereocenters. The van der Waals surface area contributed by atoms with Gasteiger partial charge in [-0.25, -0.2) is 4.98 Å². The van der Waals surface area contributed by atoms with Crippen LogP contribution < -0.4 is 5.32 Å². The molecular formula is C16H23N3O2S. The Balaban J connectivity index is 1.51. The maximum atomic E-state index is 12.3. The maximum absolute atomic E-state index is 12.3. The average molecular weight is 321 g/mol. The Morgan fingerprint density at radius 1 is 1.50 bits per heavy atom. The molecule has 120 valence electrons. The van der Waals surface area contributed by atoms with E-state index in [4.69, 9.17) is 4.74 Å². The van der Waals surface area contributed by atoms with E-state index in [2.05, 4.69) is 10.3 Å². The van der Waals surface area contributed by atoms with E-state index in [1.54, 1.807) is 11.3 Å². The Hall–Kier alpha value is -1.40. The number of carbonyl (C=O) groups is 1. The van der Waals surface area contributed by atoms with Crippen LogP contribution in [0.4, 0.5) is 0 Å². The van der Waals surface area contributed by atoms with E-state index in [0.717, 1.165) is 23.5 Å². The molecule has 0 aromatic carbocycles. The van der Waals surface area contributed by atoms with Crippen LogP contribution in [0.15, 0.2) is 17.8 Å². The molecule has 6 heteroatoms. The van der Waals surface area contributed by atoms with E-state index in [9.17, 15) is 4.79 Å². The second-order valence-corrected chi connectivity index (χ2v) is 6.71. The molecule has 1 amide bonds. The minimum absolute atomic E-state index is 0.0237. The minimum atomic E-state index is -0.341. The number of carbonyl (C=O) groups excluding carboxylic acids is 1. The van der Waals surface area contributed by atoms with Crippen LogP contribution in [0, 0.1) is 0 Å². The quantitative estimate of drug-likeness (QED) is 0.889. The van der Waals surface area contributed by atoms with Crippen molar-refractivity contribution in [2.45, 2.75) is 64.2 Å². The summed E-state index contributed by atoms with van der Waals surface area (Å²) in [5.74, 6) is -0.0237. The van der Waals surface area contributed by atoms with Gasteiger partial charge in [-0.05, 0) is 19.3 Å². The normalized spacial score (nSPS) is 17.7. The van der Waals surface area contributed by atoms with Crippen molar-refractivity contribution in [3.63, 3.8) is 0 Å². The lowest BCUT2D eigenvalue weighted by Gasteiger charge is -2.26. The monoisotopic (exact) mass is 321 g/mol. The van der Waals surface area contributed by atoms with Gasteiger partial charge in [0.2, 0.25) is 5.91 Å². The van der Waals surface area contributed by atoms with E-state index in [1.165, 1.54) is 19.3 Å². The predicted molar refractivity (Wildman–Crippen MR) is 87.0 cm³/mol. The molecule has 1 fully saturated rings. The Morgan fingerprint density at radius 3 is 3.05 bits per heavy atom. The van der Waals surface area contributed by atoms with Gasteiger partial charge in [0, 0.05) is 17.8 Å². The summed E-state index contributed by atoms with van der Waals surface area (Å²) >= 11 is 1.59. The van der Waals surface area contributed by atoms with Crippen molar-refractivity contribution in [3.05, 3.63) is 23.5 Å². The van der Waals surface area contributed by atoms with E-state index in [0.29, 0.717) is 13.0 Å². The molecule has 5 nitrogen and oxygen atoms in total. The Kier molecular flexibility index (Phi) is 5.10. The summed E-state index contributed by atoms with van der Waals surface area (Å²) in [4.78, 5) is 17.7. The number of thiazole rings is 1. The summed E-state index contributed by atoms with van der Waals surface area (Å²) in [7, 11) is 0. The number of nitrogens with zero attached hydrogens (tertiary/aromatic N) is 2. The number of hydrogen-bond donors (Lipinski definition) is 1. The number of imidazole rings is 1. The van der Waals surface area contributed by atoms with Gasteiger partial charge in [0.05, 0.1) is 18.3 Å². The summed E-state index contributed by atoms with van der Waals surface area (Å²) in [5, 5.41) is 4.95. The smallest absolute Gasteiger partial charge is 0.249 e. The lowest BCUT2D eigenvalue weighted by Crippen LogP contribution is -2.38. The summed E-state index contributed by atoms with van der Waals surface area (Å²) < 4.78 is 7.97. The third-order valence-electron chi connectivity index (χ3n) is 4.16. The van der Waals surface area contributed by atoms with Crippen LogP contribution in [0.5, 0.6) is 0 Å². The molecule has 1 N–H and O–H groups in total. The van der Waals surface area contributed by atoms with Gasteiger partial charge in [-0.1, -0.05) is 26.2 Å². The predicted octanol–water partition coefficient (Wildman–Crippen LogP) is 3.14. The number of nitrogens with one attached hydrogen (secondary N) is 1. The summed E-state index contributed by atoms with van der Waals surface area (Å²) in [6, 6.07) is 0. The number of aromatic nitrogens is 2. The van der Waals surface area contributed by atoms with Gasteiger partial charge in [0.1, 0.15) is 6.10 Å². The lowest BCUT2D eigenvalue weighted by atomic mass is 9.97. The van der Waals surface area contributed by atoms with Gasteiger partial charge in [-0.3, -0.25) is 9.20 Å². The fourth-order valence-corrected chi connectivity index (χ4v) is 3.65. The van der Waals surface area contributed by atoms with Gasteiger partial charge in [0.25, 0.3) is 0 Å². The SMILES string of the molecule is CCC(OC1CCCCC1)C(=O)NCc1cn2ccsc2n1. The van der Waals surface area contributed by atoms with Crippen LogP contribution in [0.25, 0.3) is 4.96 Å². The van der Waals surface area contributed by atoms with E-state index < -0.39 is 0 Å². The van der Waals surface area contributed by atoms with Gasteiger partial charge in [-0.2, -0.15) is 0 Å². The highest BCUT2D eigenvalue weighted by Gasteiger charge is 2.23. The molecule has 2 heterocycles. The zero-order valence-electron chi connectivity index (χ0n) is 13.0. The molecule has 0 bridgehead atoms. The highest BCUT2D eigenvalue weighted by Crippen LogP contribution is 2.22. The lowest BCUT2D eigenvalue weighted by molar-refractivity contribution is -0.138. The molecule has 1 aliphatic carbocycles. The number of amides is 1. The average Bonchev–Trinajstić information content (AvgIpc) is 3.12. The highest BCUT2D eigenvalue weighted by molar-refractivity contribution is 7.15. The maximum Gasteiger partial charge on any atom is 0.249 e. The highest BCUT2D eigenvalue weighted by atomic mass is 32.1. The molecule has 2 aromatic heterocycles. The van der Waals surface area contributed by atoms with E-state index in [1.807, 2.05) is 29.1 Å². The van der Waals surface area contributed by atoms with Crippen molar-refractivity contribution in [3.8, 4) is 0 Å². The Labute approximate surface area is 134 Å². The molecule has 2 aromatic rings. The zero-order chi connectivity index (χ0) is 15.4. The molecule has 1 saturated carbocycles. The number of ether oxygens (including phenoxy) is 1. The number of fused-ring (bicyclic) bond motifs is 1. The van der Waals surface area contributed by atoms with Crippen molar-refractivity contribution in [2.75, 3.05) is 0 Å². The second kappa shape index (κ2) is 7.24. The van der Waals surface area contributed by atoms with Crippen molar-refractivity contribution >= 4 is 22.2 Å². The molecule has 1 unspecified atom stereocenters. The first-order valence-electron chi connectivity index (χ1n) is 8.10. The van der Waals surface area contributed by atoms with Crippen molar-refractivity contribution in [1.29, 1.82) is 0 Å². The van der Waals surface area contributed by atoms with E-state index in [-0.39, 0.29) is 18.1 Å². The molecule has 0 spiro atoms. The molecule has 0 aliphatic heterocycles. The second-order valence-electron chi connectivity index (χ2n) is 5.84. The molecule has 0 radical (unpaired) electrons. The van der Waals surface area contributed by atoms with Gasteiger partial charge in [0.15, 0.2) is 4.96 Å². The first-order valence-corrected chi connectivity index (χ1v) is 8.98. The first kappa shape index (κ1) is 15.5. The fraction of sp³-hybridized carbons (Fsp3) is 0.625. The molecule has 22 heavy (non-hydrogen) atoms. The molecule has 0 saturated heterocycles. The van der Waals surface area contributed by atoms with E-state index >= 15 is 0 Å². The summed E-state index contributed by atoms with van der Waals surface area (Å²) in [6.07, 6.45) is 10.4. The van der Waals surface area contributed by atoms with Crippen LogP contribution >= 0.6 is 11.3 Å². The van der Waals surface area contributed by atoms with Crippen molar-refractivity contribution in [1.82, 2.24) is 14.7 Å². The molecular weight excluding hydrogens is 298 g/mol. The van der Waals surface area contributed by atoms with Crippen LogP contribution in [0.1, 0.15) is 51.1 Å². The van der Waals surface area contributed by atoms with Crippen molar-refractivity contribution < 1.29 is 9.53 Å². The summed E-state index contributed by atoms with van der Waals surface area (Å²) in [6.45, 7) is 2.46. The first-order chi connectivity index (χ1) is 10.8. The van der Waals surface area contributed by atoms with Gasteiger partial charge >= 0.3 is 0 Å². The van der Waals surface area contributed by atoms with Crippen LogP contribution in [0.2, 0.25) is 0 Å². The standard InChI is InChI=1S/C16H23N3O2S/c1-2-14(21-13-6-4-3-5-7-13)15(20)17-10-12-11-19-8-9-22-16(19)18-12/h8-9,11,13-14H,2-7,10H2,1H3,(H,17,20).